The molecular weight excluding hydrogens is 292 g/mol. The lowest BCUT2D eigenvalue weighted by molar-refractivity contribution is -0.123. The van der Waals surface area contributed by atoms with Crippen molar-refractivity contribution in [2.75, 3.05) is 25.6 Å². The lowest BCUT2D eigenvalue weighted by Crippen LogP contribution is -2.35. The zero-order valence-corrected chi connectivity index (χ0v) is 14.0. The molecule has 1 aromatic rings. The first kappa shape index (κ1) is 17.5. The molecule has 0 saturated heterocycles. The predicted molar refractivity (Wildman–Crippen MR) is 90.4 cm³/mol. The van der Waals surface area contributed by atoms with Crippen LogP contribution in [0.2, 0.25) is 0 Å². The number of amides is 2. The molecule has 1 aliphatic carbocycles. The van der Waals surface area contributed by atoms with Crippen LogP contribution in [0.25, 0.3) is 0 Å². The Labute approximate surface area is 137 Å². The van der Waals surface area contributed by atoms with Gasteiger partial charge in [0.05, 0.1) is 5.41 Å². The second kappa shape index (κ2) is 8.11. The zero-order valence-electron chi connectivity index (χ0n) is 14.0. The van der Waals surface area contributed by atoms with Crippen LogP contribution in [0.1, 0.15) is 44.6 Å². The average Bonchev–Trinajstić information content (AvgIpc) is 3.34. The van der Waals surface area contributed by atoms with Gasteiger partial charge in [-0.1, -0.05) is 19.1 Å². The van der Waals surface area contributed by atoms with Crippen molar-refractivity contribution in [3.05, 3.63) is 29.8 Å². The number of anilines is 1. The van der Waals surface area contributed by atoms with Crippen LogP contribution >= 0.6 is 0 Å². The molecule has 0 atom stereocenters. The molecule has 0 bridgehead atoms. The van der Waals surface area contributed by atoms with E-state index in [1.165, 1.54) is 0 Å². The minimum absolute atomic E-state index is 0.0253. The Morgan fingerprint density at radius 2 is 1.91 bits per heavy atom. The topological polar surface area (TPSA) is 67.4 Å². The molecule has 5 heteroatoms. The van der Waals surface area contributed by atoms with Crippen molar-refractivity contribution in [2.45, 2.75) is 44.4 Å². The zero-order chi connectivity index (χ0) is 16.7. The predicted octanol–water partition coefficient (Wildman–Crippen LogP) is 2.61. The van der Waals surface area contributed by atoms with Crippen LogP contribution in [0.5, 0.6) is 0 Å². The van der Waals surface area contributed by atoms with Gasteiger partial charge >= 0.3 is 0 Å². The molecule has 0 aliphatic heterocycles. The number of carbonyl (C=O) groups excluding carboxylic acids is 2. The van der Waals surface area contributed by atoms with Gasteiger partial charge in [-0.15, -0.1) is 0 Å². The Balaban J connectivity index is 1.93. The van der Waals surface area contributed by atoms with Gasteiger partial charge in [0.25, 0.3) is 0 Å². The minimum Gasteiger partial charge on any atom is -0.385 e. The summed E-state index contributed by atoms with van der Waals surface area (Å²) < 4.78 is 4.99. The van der Waals surface area contributed by atoms with Crippen molar-refractivity contribution in [3.8, 4) is 0 Å². The molecule has 1 aromatic carbocycles. The second-order valence-electron chi connectivity index (χ2n) is 6.06. The highest BCUT2D eigenvalue weighted by atomic mass is 16.5. The molecule has 2 amide bonds. The fourth-order valence-electron chi connectivity index (χ4n) is 2.68. The van der Waals surface area contributed by atoms with E-state index in [1.54, 1.807) is 7.11 Å². The Kier molecular flexibility index (Phi) is 6.16. The maximum atomic E-state index is 12.4. The number of hydrogen-bond acceptors (Lipinski definition) is 3. The monoisotopic (exact) mass is 318 g/mol. The third kappa shape index (κ3) is 4.55. The lowest BCUT2D eigenvalue weighted by Gasteiger charge is -2.16. The summed E-state index contributed by atoms with van der Waals surface area (Å²) in [5.41, 5.74) is 1.43. The number of benzene rings is 1. The van der Waals surface area contributed by atoms with E-state index in [0.29, 0.717) is 19.6 Å². The van der Waals surface area contributed by atoms with E-state index in [9.17, 15) is 9.59 Å². The van der Waals surface area contributed by atoms with Gasteiger partial charge in [-0.2, -0.15) is 0 Å². The second-order valence-corrected chi connectivity index (χ2v) is 6.06. The molecule has 1 aliphatic rings. The molecule has 0 aromatic heterocycles. The number of nitrogens with one attached hydrogen (secondary N) is 2. The van der Waals surface area contributed by atoms with Crippen molar-refractivity contribution >= 4 is 17.5 Å². The van der Waals surface area contributed by atoms with Crippen LogP contribution in [0.3, 0.4) is 0 Å². The van der Waals surface area contributed by atoms with E-state index in [1.807, 2.05) is 31.2 Å². The van der Waals surface area contributed by atoms with Gasteiger partial charge in [0, 0.05) is 32.4 Å². The van der Waals surface area contributed by atoms with Crippen LogP contribution in [0, 0.1) is 0 Å². The Morgan fingerprint density at radius 1 is 1.22 bits per heavy atom. The third-order valence-electron chi connectivity index (χ3n) is 4.19. The van der Waals surface area contributed by atoms with Crippen molar-refractivity contribution in [1.29, 1.82) is 0 Å². The Morgan fingerprint density at radius 3 is 2.48 bits per heavy atom. The largest absolute Gasteiger partial charge is 0.385 e. The van der Waals surface area contributed by atoms with Crippen LogP contribution in [-0.4, -0.2) is 32.1 Å². The summed E-state index contributed by atoms with van der Waals surface area (Å²) in [6.07, 6.45) is 3.93. The SMILES string of the molecule is CCCC(=O)Nc1ccc(C2(C(=O)NCCCOC)CC2)cc1. The summed E-state index contributed by atoms with van der Waals surface area (Å²) in [5.74, 6) is 0.119. The van der Waals surface area contributed by atoms with Gasteiger partial charge in [0.2, 0.25) is 11.8 Å². The summed E-state index contributed by atoms with van der Waals surface area (Å²) in [4.78, 5) is 24.0. The normalized spacial score (nSPS) is 15.0. The lowest BCUT2D eigenvalue weighted by atomic mass is 9.94. The molecule has 1 fully saturated rings. The van der Waals surface area contributed by atoms with Crippen molar-refractivity contribution in [3.63, 3.8) is 0 Å². The number of hydrogen-bond donors (Lipinski definition) is 2. The maximum absolute atomic E-state index is 12.4. The molecule has 0 spiro atoms. The van der Waals surface area contributed by atoms with Gasteiger partial charge in [-0.05, 0) is 43.4 Å². The fourth-order valence-corrected chi connectivity index (χ4v) is 2.68. The van der Waals surface area contributed by atoms with Crippen molar-refractivity contribution in [2.24, 2.45) is 0 Å². The molecule has 0 radical (unpaired) electrons. The number of carbonyl (C=O) groups is 2. The molecule has 2 rings (SSSR count). The highest BCUT2D eigenvalue weighted by Crippen LogP contribution is 2.48. The molecule has 5 nitrogen and oxygen atoms in total. The summed E-state index contributed by atoms with van der Waals surface area (Å²) >= 11 is 0. The van der Waals surface area contributed by atoms with Crippen molar-refractivity contribution < 1.29 is 14.3 Å². The first-order chi connectivity index (χ1) is 11.1. The number of rotatable bonds is 9. The van der Waals surface area contributed by atoms with Crippen LogP contribution in [0.4, 0.5) is 5.69 Å². The smallest absolute Gasteiger partial charge is 0.230 e. The number of ether oxygens (including phenoxy) is 1. The maximum Gasteiger partial charge on any atom is 0.230 e. The van der Waals surface area contributed by atoms with Gasteiger partial charge in [-0.3, -0.25) is 9.59 Å². The van der Waals surface area contributed by atoms with Gasteiger partial charge in [0.15, 0.2) is 0 Å². The third-order valence-corrected chi connectivity index (χ3v) is 4.19. The molecule has 23 heavy (non-hydrogen) atoms. The standard InChI is InChI=1S/C18H26N2O3/c1-3-5-16(21)20-15-8-6-14(7-9-15)18(10-11-18)17(22)19-12-4-13-23-2/h6-9H,3-5,10-13H2,1-2H3,(H,19,22)(H,20,21). The highest BCUT2D eigenvalue weighted by Gasteiger charge is 2.50. The van der Waals surface area contributed by atoms with Crippen LogP contribution < -0.4 is 10.6 Å². The Hall–Kier alpha value is -1.88. The van der Waals surface area contributed by atoms with E-state index in [-0.39, 0.29) is 17.2 Å². The first-order valence-corrected chi connectivity index (χ1v) is 8.30. The number of methoxy groups -OCH3 is 1. The van der Waals surface area contributed by atoms with E-state index in [2.05, 4.69) is 10.6 Å². The molecule has 0 unspecified atom stereocenters. The molecule has 2 N–H and O–H groups in total. The van der Waals surface area contributed by atoms with Crippen LogP contribution in [-0.2, 0) is 19.7 Å². The summed E-state index contributed by atoms with van der Waals surface area (Å²) in [6, 6.07) is 7.65. The van der Waals surface area contributed by atoms with E-state index < -0.39 is 0 Å². The van der Waals surface area contributed by atoms with Gasteiger partial charge < -0.3 is 15.4 Å². The summed E-state index contributed by atoms with van der Waals surface area (Å²) in [7, 11) is 1.66. The molecule has 1 saturated carbocycles. The fraction of sp³-hybridized carbons (Fsp3) is 0.556. The molecule has 126 valence electrons. The summed E-state index contributed by atoms with van der Waals surface area (Å²) in [5, 5.41) is 5.86. The first-order valence-electron chi connectivity index (χ1n) is 8.30. The molecule has 0 heterocycles. The molecular formula is C18H26N2O3. The van der Waals surface area contributed by atoms with Gasteiger partial charge in [0.1, 0.15) is 0 Å². The Bertz CT molecular complexity index is 536. The van der Waals surface area contributed by atoms with Gasteiger partial charge in [-0.25, -0.2) is 0 Å². The average molecular weight is 318 g/mol. The summed E-state index contributed by atoms with van der Waals surface area (Å²) in [6.45, 7) is 3.27. The minimum atomic E-state index is -0.376. The van der Waals surface area contributed by atoms with E-state index in [0.717, 1.165) is 36.9 Å². The van der Waals surface area contributed by atoms with Crippen LogP contribution in [0.15, 0.2) is 24.3 Å². The quantitative estimate of drug-likeness (QED) is 0.688. The van der Waals surface area contributed by atoms with Crippen molar-refractivity contribution in [1.82, 2.24) is 5.32 Å². The highest BCUT2D eigenvalue weighted by molar-refractivity contribution is 5.92. The van der Waals surface area contributed by atoms with E-state index >= 15 is 0 Å². The van der Waals surface area contributed by atoms with E-state index in [4.69, 9.17) is 4.74 Å².